The molecule has 1 aromatic rings. The lowest BCUT2D eigenvalue weighted by atomic mass is 9.92. The highest BCUT2D eigenvalue weighted by Crippen LogP contribution is 2.23. The Morgan fingerprint density at radius 2 is 1.89 bits per heavy atom. The Hall–Kier alpha value is -0.670. The molecule has 1 aliphatic rings. The number of carbonyl (C=O) groups is 1. The number of nitrogens with zero attached hydrogens (tertiary/aromatic N) is 1. The first-order valence-corrected chi connectivity index (χ1v) is 7.95. The van der Waals surface area contributed by atoms with Gasteiger partial charge in [0.05, 0.1) is 6.04 Å². The Kier molecular flexibility index (Phi) is 5.17. The molecular formula is C16H22BrNO. The zero-order chi connectivity index (χ0) is 13.8. The third kappa shape index (κ3) is 3.67. The molecule has 1 aliphatic heterocycles. The Morgan fingerprint density at radius 3 is 2.42 bits per heavy atom. The van der Waals surface area contributed by atoms with Crippen LogP contribution in [0, 0.1) is 5.92 Å². The molecule has 0 amide bonds. The summed E-state index contributed by atoms with van der Waals surface area (Å²) in [6, 6.07) is 7.68. The summed E-state index contributed by atoms with van der Waals surface area (Å²) in [6.07, 6.45) is 3.73. The summed E-state index contributed by atoms with van der Waals surface area (Å²) in [5, 5.41) is 0. The Bertz CT molecular complexity index is 421. The van der Waals surface area contributed by atoms with Crippen LogP contribution in [0.3, 0.4) is 0 Å². The average molecular weight is 324 g/mol. The number of piperidine rings is 1. The molecule has 2 rings (SSSR count). The molecule has 0 radical (unpaired) electrons. The molecule has 104 valence electrons. The minimum absolute atomic E-state index is 0.000943. The van der Waals surface area contributed by atoms with Gasteiger partial charge in [-0.15, -0.1) is 0 Å². The standard InChI is InChI=1S/C16H22BrNO/c1-3-13-8-10-18(11-9-13)12(2)16(19)14-4-6-15(17)7-5-14/h4-7,12-13H,3,8-11H2,1-2H3. The Balaban J connectivity index is 1.98. The molecule has 0 aliphatic carbocycles. The summed E-state index contributed by atoms with van der Waals surface area (Å²) in [5.74, 6) is 1.09. The molecule has 0 saturated carbocycles. The van der Waals surface area contributed by atoms with Crippen molar-refractivity contribution in [2.24, 2.45) is 5.92 Å². The van der Waals surface area contributed by atoms with Crippen molar-refractivity contribution in [1.82, 2.24) is 4.90 Å². The maximum Gasteiger partial charge on any atom is 0.179 e. The maximum absolute atomic E-state index is 12.4. The van der Waals surface area contributed by atoms with Gasteiger partial charge in [-0.25, -0.2) is 0 Å². The van der Waals surface area contributed by atoms with Crippen LogP contribution in [0.15, 0.2) is 28.7 Å². The van der Waals surface area contributed by atoms with Crippen LogP contribution in [0.2, 0.25) is 0 Å². The van der Waals surface area contributed by atoms with Gasteiger partial charge in [-0.1, -0.05) is 41.4 Å². The molecule has 0 N–H and O–H groups in total. The summed E-state index contributed by atoms with van der Waals surface area (Å²) < 4.78 is 1.01. The van der Waals surface area contributed by atoms with E-state index in [1.807, 2.05) is 31.2 Å². The molecule has 0 aromatic heterocycles. The number of carbonyl (C=O) groups excluding carboxylic acids is 1. The topological polar surface area (TPSA) is 20.3 Å². The molecule has 3 heteroatoms. The highest BCUT2D eigenvalue weighted by Gasteiger charge is 2.26. The second kappa shape index (κ2) is 6.67. The number of hydrogen-bond acceptors (Lipinski definition) is 2. The van der Waals surface area contributed by atoms with Crippen molar-refractivity contribution in [1.29, 1.82) is 0 Å². The number of hydrogen-bond donors (Lipinski definition) is 0. The summed E-state index contributed by atoms with van der Waals surface area (Å²) in [6.45, 7) is 6.41. The number of likely N-dealkylation sites (tertiary alicyclic amines) is 1. The van der Waals surface area contributed by atoms with Gasteiger partial charge < -0.3 is 0 Å². The molecule has 1 fully saturated rings. The normalized spacial score (nSPS) is 19.3. The van der Waals surface area contributed by atoms with Crippen molar-refractivity contribution in [3.05, 3.63) is 34.3 Å². The molecule has 1 heterocycles. The van der Waals surface area contributed by atoms with Crippen LogP contribution in [0.4, 0.5) is 0 Å². The summed E-state index contributed by atoms with van der Waals surface area (Å²) in [7, 11) is 0. The summed E-state index contributed by atoms with van der Waals surface area (Å²) in [4.78, 5) is 14.8. The molecule has 19 heavy (non-hydrogen) atoms. The predicted octanol–water partition coefficient (Wildman–Crippen LogP) is 4.14. The molecule has 2 nitrogen and oxygen atoms in total. The quantitative estimate of drug-likeness (QED) is 0.776. The van der Waals surface area contributed by atoms with Crippen molar-refractivity contribution in [3.8, 4) is 0 Å². The first kappa shape index (κ1) is 14.7. The monoisotopic (exact) mass is 323 g/mol. The van der Waals surface area contributed by atoms with E-state index in [9.17, 15) is 4.79 Å². The second-order valence-electron chi connectivity index (χ2n) is 5.43. The molecule has 1 saturated heterocycles. The van der Waals surface area contributed by atoms with Crippen molar-refractivity contribution in [2.75, 3.05) is 13.1 Å². The minimum Gasteiger partial charge on any atom is -0.293 e. The molecule has 1 atom stereocenters. The fraction of sp³-hybridized carbons (Fsp3) is 0.562. The largest absolute Gasteiger partial charge is 0.293 e. The zero-order valence-corrected chi connectivity index (χ0v) is 13.3. The van der Waals surface area contributed by atoms with Gasteiger partial charge in [0.15, 0.2) is 5.78 Å². The summed E-state index contributed by atoms with van der Waals surface area (Å²) in [5.41, 5.74) is 0.813. The van der Waals surface area contributed by atoms with Gasteiger partial charge in [0.2, 0.25) is 0 Å². The second-order valence-corrected chi connectivity index (χ2v) is 6.35. The average Bonchev–Trinajstić information content (AvgIpc) is 2.46. The number of Topliss-reactive ketones (excluding diaryl/α,β-unsaturated/α-hetero) is 1. The van der Waals surface area contributed by atoms with Gasteiger partial charge in [0, 0.05) is 10.0 Å². The van der Waals surface area contributed by atoms with E-state index in [2.05, 4.69) is 27.8 Å². The van der Waals surface area contributed by atoms with E-state index in [-0.39, 0.29) is 11.8 Å². The lowest BCUT2D eigenvalue weighted by Crippen LogP contribution is -2.43. The number of benzene rings is 1. The van der Waals surface area contributed by atoms with Crippen LogP contribution in [0.1, 0.15) is 43.5 Å². The zero-order valence-electron chi connectivity index (χ0n) is 11.7. The first-order chi connectivity index (χ1) is 9.11. The van der Waals surface area contributed by atoms with Crippen molar-refractivity contribution in [2.45, 2.75) is 39.2 Å². The first-order valence-electron chi connectivity index (χ1n) is 7.15. The summed E-state index contributed by atoms with van der Waals surface area (Å²) >= 11 is 3.40. The Morgan fingerprint density at radius 1 is 1.32 bits per heavy atom. The van der Waals surface area contributed by atoms with E-state index in [0.717, 1.165) is 29.0 Å². The highest BCUT2D eigenvalue weighted by atomic mass is 79.9. The van der Waals surface area contributed by atoms with Crippen LogP contribution in [0.25, 0.3) is 0 Å². The van der Waals surface area contributed by atoms with E-state index in [0.29, 0.717) is 0 Å². The van der Waals surface area contributed by atoms with E-state index in [4.69, 9.17) is 0 Å². The van der Waals surface area contributed by atoms with Crippen LogP contribution in [-0.4, -0.2) is 29.8 Å². The SMILES string of the molecule is CCC1CCN(C(C)C(=O)c2ccc(Br)cc2)CC1. The van der Waals surface area contributed by atoms with Crippen molar-refractivity contribution >= 4 is 21.7 Å². The number of rotatable bonds is 4. The third-order valence-electron chi connectivity index (χ3n) is 4.28. The fourth-order valence-electron chi connectivity index (χ4n) is 2.77. The molecule has 1 aromatic carbocycles. The van der Waals surface area contributed by atoms with Gasteiger partial charge in [-0.05, 0) is 50.9 Å². The van der Waals surface area contributed by atoms with Crippen molar-refractivity contribution in [3.63, 3.8) is 0 Å². The molecule has 0 spiro atoms. The van der Waals surface area contributed by atoms with Gasteiger partial charge in [-0.2, -0.15) is 0 Å². The highest BCUT2D eigenvalue weighted by molar-refractivity contribution is 9.10. The molecule has 0 bridgehead atoms. The van der Waals surface area contributed by atoms with Crippen LogP contribution in [0.5, 0.6) is 0 Å². The maximum atomic E-state index is 12.4. The number of ketones is 1. The predicted molar refractivity (Wildman–Crippen MR) is 82.5 cm³/mol. The van der Waals surface area contributed by atoms with Crippen LogP contribution >= 0.6 is 15.9 Å². The minimum atomic E-state index is -0.000943. The van der Waals surface area contributed by atoms with Crippen LogP contribution < -0.4 is 0 Å². The van der Waals surface area contributed by atoms with E-state index in [1.165, 1.54) is 19.3 Å². The van der Waals surface area contributed by atoms with E-state index in [1.54, 1.807) is 0 Å². The van der Waals surface area contributed by atoms with E-state index >= 15 is 0 Å². The van der Waals surface area contributed by atoms with Gasteiger partial charge >= 0.3 is 0 Å². The van der Waals surface area contributed by atoms with E-state index < -0.39 is 0 Å². The lowest BCUT2D eigenvalue weighted by Gasteiger charge is -2.35. The smallest absolute Gasteiger partial charge is 0.179 e. The molecule has 1 unspecified atom stereocenters. The van der Waals surface area contributed by atoms with Crippen LogP contribution in [-0.2, 0) is 0 Å². The van der Waals surface area contributed by atoms with Crippen molar-refractivity contribution < 1.29 is 4.79 Å². The van der Waals surface area contributed by atoms with Gasteiger partial charge in [0.1, 0.15) is 0 Å². The van der Waals surface area contributed by atoms with Gasteiger partial charge in [-0.3, -0.25) is 9.69 Å². The van der Waals surface area contributed by atoms with Gasteiger partial charge in [0.25, 0.3) is 0 Å². The lowest BCUT2D eigenvalue weighted by molar-refractivity contribution is 0.0769. The number of halogens is 1. The Labute approximate surface area is 124 Å². The third-order valence-corrected chi connectivity index (χ3v) is 4.81. The fourth-order valence-corrected chi connectivity index (χ4v) is 3.03. The molecular weight excluding hydrogens is 302 g/mol.